The maximum atomic E-state index is 5.68. The van der Waals surface area contributed by atoms with Gasteiger partial charge < -0.3 is 10.2 Å². The molecule has 3 aromatic rings. The lowest BCUT2D eigenvalue weighted by molar-refractivity contribution is 0.580. The van der Waals surface area contributed by atoms with E-state index in [4.69, 9.17) is 10.2 Å². The number of thiazole rings is 1. The van der Waals surface area contributed by atoms with Gasteiger partial charge in [-0.05, 0) is 30.7 Å². The van der Waals surface area contributed by atoms with E-state index >= 15 is 0 Å². The quantitative estimate of drug-likeness (QED) is 0.786. The van der Waals surface area contributed by atoms with E-state index < -0.39 is 0 Å². The topological polar surface area (TPSA) is 52.0 Å². The number of aryl methyl sites for hydroxylation is 1. The standard InChI is InChI=1S/C15H14N2OS/c1-10-14(13-6-3-7-18-13)17-15(19-10)12-5-2-4-11(8-12)9-16/h2-8H,9,16H2,1H3. The van der Waals surface area contributed by atoms with Crippen LogP contribution in [0.4, 0.5) is 0 Å². The maximum absolute atomic E-state index is 5.68. The minimum Gasteiger partial charge on any atom is -0.463 e. The highest BCUT2D eigenvalue weighted by atomic mass is 32.1. The molecule has 0 aliphatic rings. The van der Waals surface area contributed by atoms with Crippen LogP contribution in [0.2, 0.25) is 0 Å². The Kier molecular flexibility index (Phi) is 3.19. The van der Waals surface area contributed by atoms with Crippen LogP contribution in [0.5, 0.6) is 0 Å². The maximum Gasteiger partial charge on any atom is 0.153 e. The molecule has 2 aromatic heterocycles. The molecule has 0 aliphatic heterocycles. The Labute approximate surface area is 115 Å². The van der Waals surface area contributed by atoms with Gasteiger partial charge in [-0.15, -0.1) is 11.3 Å². The van der Waals surface area contributed by atoms with E-state index in [1.165, 1.54) is 0 Å². The highest BCUT2D eigenvalue weighted by molar-refractivity contribution is 7.15. The molecule has 0 radical (unpaired) electrons. The van der Waals surface area contributed by atoms with Gasteiger partial charge in [0.15, 0.2) is 5.76 Å². The normalized spacial score (nSPS) is 10.8. The molecule has 4 heteroatoms. The predicted octanol–water partition coefficient (Wildman–Crippen LogP) is 3.84. The van der Waals surface area contributed by atoms with Crippen LogP contribution in [0.25, 0.3) is 22.0 Å². The Bertz CT molecular complexity index is 686. The van der Waals surface area contributed by atoms with Crippen LogP contribution in [-0.2, 0) is 6.54 Å². The van der Waals surface area contributed by atoms with Crippen molar-refractivity contribution in [3.8, 4) is 22.0 Å². The first-order chi connectivity index (χ1) is 9.28. The summed E-state index contributed by atoms with van der Waals surface area (Å²) in [7, 11) is 0. The summed E-state index contributed by atoms with van der Waals surface area (Å²) < 4.78 is 5.42. The van der Waals surface area contributed by atoms with E-state index in [0.717, 1.165) is 32.5 Å². The fourth-order valence-corrected chi connectivity index (χ4v) is 2.91. The van der Waals surface area contributed by atoms with E-state index in [2.05, 4.69) is 24.0 Å². The molecule has 19 heavy (non-hydrogen) atoms. The number of nitrogens with two attached hydrogens (primary N) is 1. The zero-order valence-corrected chi connectivity index (χ0v) is 11.4. The van der Waals surface area contributed by atoms with E-state index in [-0.39, 0.29) is 0 Å². The van der Waals surface area contributed by atoms with Crippen molar-refractivity contribution in [1.29, 1.82) is 0 Å². The van der Waals surface area contributed by atoms with Crippen molar-refractivity contribution in [3.63, 3.8) is 0 Å². The summed E-state index contributed by atoms with van der Waals surface area (Å²) in [5, 5.41) is 0.999. The summed E-state index contributed by atoms with van der Waals surface area (Å²) in [5.41, 5.74) is 8.82. The molecule has 0 saturated carbocycles. The van der Waals surface area contributed by atoms with Gasteiger partial charge in [-0.1, -0.05) is 18.2 Å². The lowest BCUT2D eigenvalue weighted by Crippen LogP contribution is -1.95. The van der Waals surface area contributed by atoms with Crippen LogP contribution in [0, 0.1) is 6.92 Å². The Morgan fingerprint density at radius 3 is 2.89 bits per heavy atom. The van der Waals surface area contributed by atoms with Crippen molar-refractivity contribution in [1.82, 2.24) is 4.98 Å². The van der Waals surface area contributed by atoms with Crippen LogP contribution in [0.1, 0.15) is 10.4 Å². The number of furan rings is 1. The third kappa shape index (κ3) is 2.32. The minimum atomic E-state index is 0.545. The lowest BCUT2D eigenvalue weighted by Gasteiger charge is -1.99. The zero-order valence-electron chi connectivity index (χ0n) is 10.6. The molecule has 1 aromatic carbocycles. The largest absolute Gasteiger partial charge is 0.463 e. The smallest absolute Gasteiger partial charge is 0.153 e. The average molecular weight is 270 g/mol. The highest BCUT2D eigenvalue weighted by Crippen LogP contribution is 2.33. The van der Waals surface area contributed by atoms with Gasteiger partial charge in [0, 0.05) is 17.0 Å². The summed E-state index contributed by atoms with van der Waals surface area (Å²) in [5.74, 6) is 0.815. The number of rotatable bonds is 3. The van der Waals surface area contributed by atoms with Gasteiger partial charge >= 0.3 is 0 Å². The van der Waals surface area contributed by atoms with Gasteiger partial charge in [-0.3, -0.25) is 0 Å². The summed E-state index contributed by atoms with van der Waals surface area (Å²) in [6, 6.07) is 12.0. The number of nitrogens with zero attached hydrogens (tertiary/aromatic N) is 1. The molecule has 0 atom stereocenters. The van der Waals surface area contributed by atoms with Gasteiger partial charge in [0.2, 0.25) is 0 Å². The SMILES string of the molecule is Cc1sc(-c2cccc(CN)c2)nc1-c1ccco1. The molecule has 96 valence electrons. The van der Waals surface area contributed by atoms with E-state index in [1.807, 2.05) is 24.3 Å². The number of hydrogen-bond acceptors (Lipinski definition) is 4. The zero-order chi connectivity index (χ0) is 13.2. The van der Waals surface area contributed by atoms with Crippen molar-refractivity contribution in [2.24, 2.45) is 5.73 Å². The molecule has 0 unspecified atom stereocenters. The summed E-state index contributed by atoms with van der Waals surface area (Å²) in [6.45, 7) is 2.61. The van der Waals surface area contributed by atoms with E-state index in [0.29, 0.717) is 6.54 Å². The van der Waals surface area contributed by atoms with Crippen LogP contribution in [0.15, 0.2) is 47.1 Å². The third-order valence-electron chi connectivity index (χ3n) is 2.96. The molecule has 0 bridgehead atoms. The summed E-state index contributed by atoms with van der Waals surface area (Å²) in [6.07, 6.45) is 1.67. The van der Waals surface area contributed by atoms with Crippen molar-refractivity contribution in [2.75, 3.05) is 0 Å². The molecule has 0 fully saturated rings. The van der Waals surface area contributed by atoms with Crippen molar-refractivity contribution in [2.45, 2.75) is 13.5 Å². The number of hydrogen-bond donors (Lipinski definition) is 1. The van der Waals surface area contributed by atoms with Gasteiger partial charge in [-0.2, -0.15) is 0 Å². The average Bonchev–Trinajstić information content (AvgIpc) is 3.07. The molecule has 0 saturated heterocycles. The first kappa shape index (κ1) is 12.1. The third-order valence-corrected chi connectivity index (χ3v) is 3.98. The second-order valence-electron chi connectivity index (χ2n) is 4.31. The molecule has 2 N–H and O–H groups in total. The predicted molar refractivity (Wildman–Crippen MR) is 77.9 cm³/mol. The molecular weight excluding hydrogens is 256 g/mol. The molecule has 0 spiro atoms. The van der Waals surface area contributed by atoms with Crippen LogP contribution < -0.4 is 5.73 Å². The second-order valence-corrected chi connectivity index (χ2v) is 5.51. The van der Waals surface area contributed by atoms with Crippen LogP contribution in [0.3, 0.4) is 0 Å². The van der Waals surface area contributed by atoms with Gasteiger partial charge in [-0.25, -0.2) is 4.98 Å². The molecule has 2 heterocycles. The fourth-order valence-electron chi connectivity index (χ4n) is 1.99. The number of benzene rings is 1. The monoisotopic (exact) mass is 270 g/mol. The Morgan fingerprint density at radius 2 is 2.16 bits per heavy atom. The first-order valence-electron chi connectivity index (χ1n) is 6.08. The van der Waals surface area contributed by atoms with E-state index in [1.54, 1.807) is 17.6 Å². The Morgan fingerprint density at radius 1 is 1.26 bits per heavy atom. The molecule has 0 aliphatic carbocycles. The summed E-state index contributed by atoms with van der Waals surface area (Å²) >= 11 is 1.67. The second kappa shape index (κ2) is 4.99. The lowest BCUT2D eigenvalue weighted by atomic mass is 10.1. The molecule has 0 amide bonds. The molecular formula is C15H14N2OS. The molecule has 3 rings (SSSR count). The van der Waals surface area contributed by atoms with E-state index in [9.17, 15) is 0 Å². The van der Waals surface area contributed by atoms with Crippen molar-refractivity contribution >= 4 is 11.3 Å². The first-order valence-corrected chi connectivity index (χ1v) is 6.90. The van der Waals surface area contributed by atoms with Crippen LogP contribution in [-0.4, -0.2) is 4.98 Å². The van der Waals surface area contributed by atoms with Gasteiger partial charge in [0.25, 0.3) is 0 Å². The van der Waals surface area contributed by atoms with Gasteiger partial charge in [0.1, 0.15) is 10.7 Å². The molecule has 3 nitrogen and oxygen atoms in total. The summed E-state index contributed by atoms with van der Waals surface area (Å²) in [4.78, 5) is 5.84. The van der Waals surface area contributed by atoms with Gasteiger partial charge in [0.05, 0.1) is 6.26 Å². The Balaban J connectivity index is 2.04. The number of aromatic nitrogens is 1. The van der Waals surface area contributed by atoms with Crippen LogP contribution >= 0.6 is 11.3 Å². The highest BCUT2D eigenvalue weighted by Gasteiger charge is 2.13. The Hall–Kier alpha value is -1.91. The fraction of sp³-hybridized carbons (Fsp3) is 0.133. The minimum absolute atomic E-state index is 0.545. The van der Waals surface area contributed by atoms with Crippen molar-refractivity contribution in [3.05, 3.63) is 53.1 Å². The van der Waals surface area contributed by atoms with Crippen molar-refractivity contribution < 1.29 is 4.42 Å².